The van der Waals surface area contributed by atoms with E-state index in [4.69, 9.17) is 9.41 Å². The van der Waals surface area contributed by atoms with E-state index in [9.17, 15) is 34.4 Å². The lowest BCUT2D eigenvalue weighted by Crippen LogP contribution is -2.45. The van der Waals surface area contributed by atoms with E-state index in [2.05, 4.69) is 30.8 Å². The van der Waals surface area contributed by atoms with Crippen molar-refractivity contribution in [3.8, 4) is 22.5 Å². The summed E-state index contributed by atoms with van der Waals surface area (Å²) in [5.41, 5.74) is 5.10. The minimum atomic E-state index is -4.55. The lowest BCUT2D eigenvalue weighted by atomic mass is 9.82. The first-order valence-electron chi connectivity index (χ1n) is 19.2. The third kappa shape index (κ3) is 9.06. The van der Waals surface area contributed by atoms with Crippen molar-refractivity contribution in [2.24, 2.45) is 10.4 Å². The number of rotatable bonds is 10. The zero-order valence-electron chi connectivity index (χ0n) is 35.6. The Morgan fingerprint density at radius 2 is 1.27 bits per heavy atom. The second-order valence-corrected chi connectivity index (χ2v) is 21.8. The van der Waals surface area contributed by atoms with Crippen LogP contribution in [0.5, 0.6) is 0 Å². The Kier molecular flexibility index (Phi) is 11.6. The fourth-order valence-electron chi connectivity index (χ4n) is 8.76. The summed E-state index contributed by atoms with van der Waals surface area (Å²) in [6.07, 6.45) is 0.566. The van der Waals surface area contributed by atoms with Gasteiger partial charge in [0.05, 0.1) is 15.9 Å². The highest BCUT2D eigenvalue weighted by Crippen LogP contribution is 2.44. The number of anilines is 2. The summed E-state index contributed by atoms with van der Waals surface area (Å²) in [6, 6.07) is 20.6. The van der Waals surface area contributed by atoms with Gasteiger partial charge in [0.25, 0.3) is 20.2 Å². The Morgan fingerprint density at radius 3 is 1.88 bits per heavy atom. The minimum Gasteiger partial charge on any atom is -0.456 e. The molecular weight excluding hydrogens is 823 g/mol. The predicted octanol–water partition coefficient (Wildman–Crippen LogP) is 10.0. The number of hydrogen-bond acceptors (Lipinski definition) is 9. The van der Waals surface area contributed by atoms with Crippen molar-refractivity contribution in [1.82, 2.24) is 4.72 Å². The lowest BCUT2D eigenvalue weighted by Gasteiger charge is -2.33. The summed E-state index contributed by atoms with van der Waals surface area (Å²) < 4.78 is 108. The maximum atomic E-state index is 14.4. The molecule has 60 heavy (non-hydrogen) atoms. The van der Waals surface area contributed by atoms with Crippen molar-refractivity contribution in [3.05, 3.63) is 112 Å². The lowest BCUT2D eigenvalue weighted by molar-refractivity contribution is 0.269. The highest BCUT2D eigenvalue weighted by atomic mass is 32.2. The third-order valence-electron chi connectivity index (χ3n) is 10.3. The van der Waals surface area contributed by atoms with Crippen LogP contribution in [0, 0.1) is 47.0 Å². The molecule has 0 atom stereocenters. The highest BCUT2D eigenvalue weighted by molar-refractivity contribution is 7.89. The molecule has 0 saturated heterocycles. The number of hydrogen-bond donors (Lipinski definition) is 4. The molecule has 1 heterocycles. The molecule has 4 N–H and O–H groups in total. The zero-order chi connectivity index (χ0) is 44.5. The Hall–Kier alpha value is -4.90. The first-order valence-corrected chi connectivity index (χ1v) is 23.6. The van der Waals surface area contributed by atoms with Crippen molar-refractivity contribution in [3.63, 3.8) is 0 Å². The molecule has 12 nitrogen and oxygen atoms in total. The Labute approximate surface area is 352 Å². The first kappa shape index (κ1) is 44.6. The van der Waals surface area contributed by atoms with Crippen molar-refractivity contribution in [2.45, 2.75) is 103 Å². The van der Waals surface area contributed by atoms with Gasteiger partial charge in [0, 0.05) is 51.1 Å². The maximum absolute atomic E-state index is 14.4. The minimum absolute atomic E-state index is 0.0593. The summed E-state index contributed by atoms with van der Waals surface area (Å²) in [5, 5.41) is 4.29. The average Bonchev–Trinajstić information content (AvgIpc) is 3.07. The van der Waals surface area contributed by atoms with Crippen LogP contribution in [0.25, 0.3) is 33.4 Å². The number of benzene rings is 5. The molecule has 6 rings (SSSR count). The van der Waals surface area contributed by atoms with Crippen molar-refractivity contribution in [2.75, 3.05) is 5.32 Å². The molecule has 0 radical (unpaired) electrons. The van der Waals surface area contributed by atoms with Gasteiger partial charge in [-0.25, -0.2) is 18.1 Å². The standard InChI is InChI=1S/C45H51N3O9S3/c1-25-20-27(3)42(59(51,52)53)29(5)40(25)46-31-16-18-33-36(22-31)57-37-23-32(47-41-26(2)21-28(4)43(30(41)6)60(54,55)56)17-19-34(37)39(33)35-14-12-13-15-38(35)58(49,50)48-45(10,11)24-44(7,8)9/h12-23,46,48H,24H2,1-11H3,(H,51,52,53)(H,54,55,56). The van der Waals surface area contributed by atoms with Crippen molar-refractivity contribution < 1.29 is 38.8 Å². The number of nitrogens with zero attached hydrogens (tertiary/aromatic N) is 1. The van der Waals surface area contributed by atoms with Gasteiger partial charge in [-0.2, -0.15) is 16.8 Å². The van der Waals surface area contributed by atoms with Gasteiger partial charge in [0.2, 0.25) is 10.0 Å². The van der Waals surface area contributed by atoms with Crippen LogP contribution in [0.15, 0.2) is 96.9 Å². The molecule has 4 aromatic rings. The van der Waals surface area contributed by atoms with Gasteiger partial charge in [-0.3, -0.25) is 9.11 Å². The van der Waals surface area contributed by atoms with Crippen LogP contribution < -0.4 is 15.4 Å². The smallest absolute Gasteiger partial charge is 0.295 e. The number of fused-ring (bicyclic) bond motifs is 2. The van der Waals surface area contributed by atoms with Crippen LogP contribution in [-0.2, 0) is 30.3 Å². The monoisotopic (exact) mass is 873 g/mol. The molecule has 4 aromatic carbocycles. The molecule has 0 fully saturated rings. The van der Waals surface area contributed by atoms with Gasteiger partial charge in [-0.1, -0.05) is 51.1 Å². The molecule has 1 aliphatic heterocycles. The summed E-state index contributed by atoms with van der Waals surface area (Å²) >= 11 is 0. The van der Waals surface area contributed by atoms with Gasteiger partial charge < -0.3 is 9.73 Å². The average molecular weight is 874 g/mol. The fourth-order valence-corrected chi connectivity index (χ4v) is 12.3. The molecule has 1 aliphatic carbocycles. The van der Waals surface area contributed by atoms with Crippen LogP contribution in [0.1, 0.15) is 74.4 Å². The van der Waals surface area contributed by atoms with Crippen molar-refractivity contribution >= 4 is 58.3 Å². The van der Waals surface area contributed by atoms with Crippen LogP contribution in [0.3, 0.4) is 0 Å². The van der Waals surface area contributed by atoms with E-state index < -0.39 is 35.8 Å². The van der Waals surface area contributed by atoms with Gasteiger partial charge in [-0.05, 0) is 131 Å². The molecule has 15 heteroatoms. The summed E-state index contributed by atoms with van der Waals surface area (Å²) in [5.74, 6) is 0.331. The number of sulfonamides is 1. The van der Waals surface area contributed by atoms with Gasteiger partial charge in [-0.15, -0.1) is 0 Å². The Morgan fingerprint density at radius 1 is 0.667 bits per heavy atom. The van der Waals surface area contributed by atoms with E-state index >= 15 is 0 Å². The van der Waals surface area contributed by atoms with E-state index in [0.717, 1.165) is 5.56 Å². The second kappa shape index (κ2) is 15.5. The van der Waals surface area contributed by atoms with Gasteiger partial charge in [0.1, 0.15) is 21.1 Å². The van der Waals surface area contributed by atoms with E-state index in [1.165, 1.54) is 0 Å². The molecule has 0 bridgehead atoms. The molecule has 318 valence electrons. The van der Waals surface area contributed by atoms with E-state index in [-0.39, 0.29) is 25.7 Å². The molecule has 0 saturated carbocycles. The molecule has 0 spiro atoms. The topological polar surface area (TPSA) is 192 Å². The first-order chi connectivity index (χ1) is 27.6. The summed E-state index contributed by atoms with van der Waals surface area (Å²) in [6.45, 7) is 19.9. The molecular formula is C45H51N3O9S3. The Bertz CT molecular complexity index is 3110. The number of nitrogens with one attached hydrogen (secondary N) is 2. The zero-order valence-corrected chi connectivity index (χ0v) is 38.0. The maximum Gasteiger partial charge on any atom is 0.295 e. The van der Waals surface area contributed by atoms with E-state index in [1.54, 1.807) is 107 Å². The quantitative estimate of drug-likeness (QED) is 0.0761. The fraction of sp³-hybridized carbons (Fsp3) is 0.311. The van der Waals surface area contributed by atoms with E-state index in [1.807, 2.05) is 20.8 Å². The second-order valence-electron chi connectivity index (χ2n) is 17.4. The number of aryl methyl sites for hydroxylation is 4. The van der Waals surface area contributed by atoms with Crippen LogP contribution in [-0.4, -0.2) is 39.9 Å². The molecule has 0 unspecified atom stereocenters. The van der Waals surface area contributed by atoms with Crippen molar-refractivity contribution in [1.29, 1.82) is 0 Å². The van der Waals surface area contributed by atoms with Crippen LogP contribution in [0.4, 0.5) is 17.1 Å². The van der Waals surface area contributed by atoms with E-state index in [0.29, 0.717) is 84.5 Å². The van der Waals surface area contributed by atoms with Gasteiger partial charge >= 0.3 is 0 Å². The summed E-state index contributed by atoms with van der Waals surface area (Å²) in [4.78, 5) is 4.47. The third-order valence-corrected chi connectivity index (χ3v) is 14.4. The summed E-state index contributed by atoms with van der Waals surface area (Å²) in [7, 11) is -13.2. The SMILES string of the molecule is Cc1cc(C)c(S(=O)(=O)O)c(C)c1N=c1ccc2c(-c3ccccc3S(=O)(=O)NC(C)(C)CC(C)(C)C)c3ccc(Nc4c(C)cc(C)c(S(=O)(=O)O)c4C)cc3oc-2c1. The molecule has 0 aromatic heterocycles. The normalized spacial score (nSPS) is 13.4. The van der Waals surface area contributed by atoms with Crippen LogP contribution >= 0.6 is 0 Å². The molecule has 2 aliphatic rings. The Balaban J connectivity index is 1.63. The van der Waals surface area contributed by atoms with Crippen LogP contribution in [0.2, 0.25) is 0 Å². The molecule has 0 amide bonds. The highest BCUT2D eigenvalue weighted by Gasteiger charge is 2.33. The van der Waals surface area contributed by atoms with Gasteiger partial charge in [0.15, 0.2) is 0 Å². The predicted molar refractivity (Wildman–Crippen MR) is 236 cm³/mol. The largest absolute Gasteiger partial charge is 0.456 e.